The summed E-state index contributed by atoms with van der Waals surface area (Å²) in [6.07, 6.45) is 2.01. The molecule has 1 aliphatic heterocycles. The van der Waals surface area contributed by atoms with Gasteiger partial charge in [-0.3, -0.25) is 5.10 Å². The fourth-order valence-corrected chi connectivity index (χ4v) is 3.01. The summed E-state index contributed by atoms with van der Waals surface area (Å²) in [7, 11) is -2.86. The molecule has 2 N–H and O–H groups in total. The highest BCUT2D eigenvalue weighted by Crippen LogP contribution is 2.05. The lowest BCUT2D eigenvalue weighted by Gasteiger charge is -2.22. The van der Waals surface area contributed by atoms with Crippen molar-refractivity contribution in [3.05, 3.63) is 12.2 Å². The lowest BCUT2D eigenvalue weighted by molar-refractivity contribution is 0.509. The molecule has 2 rings (SSSR count). The largest absolute Gasteiger partial charge is 0.312 e. The van der Waals surface area contributed by atoms with Gasteiger partial charge < -0.3 is 5.32 Å². The maximum Gasteiger partial charge on any atom is 0.153 e. The van der Waals surface area contributed by atoms with E-state index in [0.717, 1.165) is 5.82 Å². The van der Waals surface area contributed by atoms with Gasteiger partial charge in [0.1, 0.15) is 12.2 Å². The Hall–Kier alpha value is -0.950. The highest BCUT2D eigenvalue weighted by atomic mass is 32.2. The van der Waals surface area contributed by atoms with Crippen LogP contribution in [0.5, 0.6) is 0 Å². The van der Waals surface area contributed by atoms with Crippen LogP contribution >= 0.6 is 0 Å². The molecule has 0 bridgehead atoms. The molecule has 0 radical (unpaired) electrons. The highest BCUT2D eigenvalue weighted by Gasteiger charge is 2.24. The zero-order valence-corrected chi connectivity index (χ0v) is 8.42. The first-order valence-electron chi connectivity index (χ1n) is 4.44. The van der Waals surface area contributed by atoms with Crippen molar-refractivity contribution < 1.29 is 8.42 Å². The van der Waals surface area contributed by atoms with Crippen molar-refractivity contribution in [1.29, 1.82) is 0 Å². The fourth-order valence-electron chi connectivity index (χ4n) is 1.56. The molecular formula is C7H12N4O2S. The molecule has 1 aliphatic rings. The van der Waals surface area contributed by atoms with Crippen LogP contribution in [0.25, 0.3) is 0 Å². The monoisotopic (exact) mass is 216 g/mol. The molecule has 1 aromatic heterocycles. The first-order chi connectivity index (χ1) is 6.66. The minimum absolute atomic E-state index is 0.0401. The van der Waals surface area contributed by atoms with Crippen LogP contribution in [-0.4, -0.2) is 47.7 Å². The van der Waals surface area contributed by atoms with Gasteiger partial charge in [-0.05, 0) is 0 Å². The number of nitrogens with one attached hydrogen (secondary N) is 2. The second-order valence-corrected chi connectivity index (χ2v) is 5.63. The molecule has 0 amide bonds. The Labute approximate surface area is 82.0 Å². The fraction of sp³-hybridized carbons (Fsp3) is 0.714. The summed E-state index contributed by atoms with van der Waals surface area (Å²) in [5, 5.41) is 9.57. The van der Waals surface area contributed by atoms with E-state index in [-0.39, 0.29) is 17.5 Å². The average Bonchev–Trinajstić information content (AvgIpc) is 2.54. The van der Waals surface area contributed by atoms with Crippen molar-refractivity contribution in [2.45, 2.75) is 12.5 Å². The third-order valence-electron chi connectivity index (χ3n) is 2.21. The third kappa shape index (κ3) is 2.30. The second-order valence-electron chi connectivity index (χ2n) is 3.40. The molecule has 6 nitrogen and oxygen atoms in total. The number of hydrogen-bond donors (Lipinski definition) is 2. The van der Waals surface area contributed by atoms with E-state index in [1.807, 2.05) is 0 Å². The molecule has 7 heteroatoms. The van der Waals surface area contributed by atoms with E-state index in [9.17, 15) is 8.42 Å². The van der Waals surface area contributed by atoms with Crippen LogP contribution in [0.15, 0.2) is 6.33 Å². The van der Waals surface area contributed by atoms with E-state index in [0.29, 0.717) is 13.0 Å². The smallest absolute Gasteiger partial charge is 0.153 e. The minimum Gasteiger partial charge on any atom is -0.312 e. The van der Waals surface area contributed by atoms with Crippen LogP contribution in [0.4, 0.5) is 0 Å². The number of sulfone groups is 1. The maximum atomic E-state index is 11.3. The van der Waals surface area contributed by atoms with E-state index in [4.69, 9.17) is 0 Å². The van der Waals surface area contributed by atoms with E-state index in [2.05, 4.69) is 20.5 Å². The quantitative estimate of drug-likeness (QED) is 0.644. The summed E-state index contributed by atoms with van der Waals surface area (Å²) < 4.78 is 22.6. The van der Waals surface area contributed by atoms with Crippen LogP contribution in [0.3, 0.4) is 0 Å². The van der Waals surface area contributed by atoms with Crippen molar-refractivity contribution in [3.8, 4) is 0 Å². The maximum absolute atomic E-state index is 11.3. The predicted molar refractivity (Wildman–Crippen MR) is 50.5 cm³/mol. The van der Waals surface area contributed by atoms with Gasteiger partial charge in [0.15, 0.2) is 9.84 Å². The van der Waals surface area contributed by atoms with E-state index in [1.54, 1.807) is 0 Å². The molecule has 1 atom stereocenters. The SMILES string of the molecule is O=S1(=O)CCNC(Cc2ncn[nH]2)C1. The lowest BCUT2D eigenvalue weighted by atomic mass is 10.2. The van der Waals surface area contributed by atoms with Gasteiger partial charge in [-0.15, -0.1) is 0 Å². The van der Waals surface area contributed by atoms with E-state index < -0.39 is 9.84 Å². The number of H-pyrrole nitrogens is 1. The lowest BCUT2D eigenvalue weighted by Crippen LogP contribution is -2.46. The number of hydrogen-bond acceptors (Lipinski definition) is 5. The Balaban J connectivity index is 1.99. The second kappa shape index (κ2) is 3.66. The van der Waals surface area contributed by atoms with Crippen molar-refractivity contribution in [2.75, 3.05) is 18.1 Å². The highest BCUT2D eigenvalue weighted by molar-refractivity contribution is 7.91. The molecule has 0 aliphatic carbocycles. The van der Waals surface area contributed by atoms with Crippen molar-refractivity contribution in [2.24, 2.45) is 0 Å². The first-order valence-corrected chi connectivity index (χ1v) is 6.26. The molecule has 2 heterocycles. The van der Waals surface area contributed by atoms with Crippen LogP contribution in [-0.2, 0) is 16.3 Å². The van der Waals surface area contributed by atoms with Gasteiger partial charge in [0.05, 0.1) is 11.5 Å². The molecule has 1 saturated heterocycles. The molecular weight excluding hydrogens is 204 g/mol. The van der Waals surface area contributed by atoms with Crippen LogP contribution in [0.2, 0.25) is 0 Å². The van der Waals surface area contributed by atoms with E-state index >= 15 is 0 Å². The Morgan fingerprint density at radius 1 is 1.57 bits per heavy atom. The summed E-state index contributed by atoms with van der Waals surface area (Å²) in [6.45, 7) is 0.529. The molecule has 0 saturated carbocycles. The topological polar surface area (TPSA) is 87.7 Å². The van der Waals surface area contributed by atoms with Crippen molar-refractivity contribution in [1.82, 2.24) is 20.5 Å². The van der Waals surface area contributed by atoms with E-state index in [1.165, 1.54) is 6.33 Å². The molecule has 1 fully saturated rings. The van der Waals surface area contributed by atoms with Gasteiger partial charge in [0.25, 0.3) is 0 Å². The molecule has 1 unspecified atom stereocenters. The predicted octanol–water partition coefficient (Wildman–Crippen LogP) is -1.27. The van der Waals surface area contributed by atoms with Crippen molar-refractivity contribution in [3.63, 3.8) is 0 Å². The molecule has 0 spiro atoms. The van der Waals surface area contributed by atoms with Gasteiger partial charge in [-0.25, -0.2) is 13.4 Å². The van der Waals surface area contributed by atoms with Gasteiger partial charge in [-0.1, -0.05) is 0 Å². The summed E-state index contributed by atoms with van der Waals surface area (Å²) in [4.78, 5) is 3.96. The zero-order valence-electron chi connectivity index (χ0n) is 7.60. The summed E-state index contributed by atoms with van der Waals surface area (Å²) in [5.41, 5.74) is 0. The van der Waals surface area contributed by atoms with Crippen LogP contribution in [0, 0.1) is 0 Å². The van der Waals surface area contributed by atoms with Gasteiger partial charge in [-0.2, -0.15) is 5.10 Å². The Bertz CT molecular complexity index is 386. The number of rotatable bonds is 2. The number of nitrogens with zero attached hydrogens (tertiary/aromatic N) is 2. The molecule has 1 aromatic rings. The average molecular weight is 216 g/mol. The Kier molecular flexibility index (Phi) is 2.51. The van der Waals surface area contributed by atoms with Gasteiger partial charge >= 0.3 is 0 Å². The van der Waals surface area contributed by atoms with Crippen LogP contribution < -0.4 is 5.32 Å². The van der Waals surface area contributed by atoms with Crippen molar-refractivity contribution >= 4 is 9.84 Å². The number of aromatic amines is 1. The minimum atomic E-state index is -2.86. The summed E-state index contributed by atoms with van der Waals surface area (Å²) in [5.74, 6) is 1.15. The molecule has 78 valence electrons. The standard InChI is InChI=1S/C7H12N4O2S/c12-14(13)2-1-8-6(4-14)3-7-9-5-10-11-7/h5-6,8H,1-4H2,(H,9,10,11). The zero-order chi connectivity index (χ0) is 10.0. The first kappa shape index (κ1) is 9.60. The Morgan fingerprint density at radius 3 is 3.07 bits per heavy atom. The van der Waals surface area contributed by atoms with Gasteiger partial charge in [0.2, 0.25) is 0 Å². The van der Waals surface area contributed by atoms with Gasteiger partial charge in [0, 0.05) is 19.0 Å². The molecule has 0 aromatic carbocycles. The third-order valence-corrected chi connectivity index (χ3v) is 3.94. The van der Waals surface area contributed by atoms with Crippen LogP contribution in [0.1, 0.15) is 5.82 Å². The summed E-state index contributed by atoms with van der Waals surface area (Å²) in [6, 6.07) is -0.0401. The number of aromatic nitrogens is 3. The Morgan fingerprint density at radius 2 is 2.43 bits per heavy atom. The normalized spacial score (nSPS) is 26.1. The summed E-state index contributed by atoms with van der Waals surface area (Å²) >= 11 is 0. The molecule has 14 heavy (non-hydrogen) atoms.